The standard InChI is InChI=1S/C21H30N2O4S/c1-6-15(4)23(21(25)14(2)3)10-16-7-8-18(26-5)19(9-16)27-12-20-22-17(11-24)13-28-20/h7-9,13-15,24H,6,10-12H2,1-5H3. The molecule has 1 N–H and O–H groups in total. The number of aliphatic hydroxyl groups is 1. The number of thiazole rings is 1. The molecule has 0 aliphatic heterocycles. The zero-order valence-corrected chi connectivity index (χ0v) is 18.1. The molecule has 0 saturated heterocycles. The molecule has 0 saturated carbocycles. The molecule has 1 atom stereocenters. The third kappa shape index (κ3) is 5.69. The molecule has 2 rings (SSSR count). The van der Waals surface area contributed by atoms with Crippen LogP contribution in [0.2, 0.25) is 0 Å². The summed E-state index contributed by atoms with van der Waals surface area (Å²) in [5.74, 6) is 1.34. The summed E-state index contributed by atoms with van der Waals surface area (Å²) in [4.78, 5) is 18.9. The minimum Gasteiger partial charge on any atom is -0.493 e. The van der Waals surface area contributed by atoms with Crippen LogP contribution in [0.5, 0.6) is 11.5 Å². The van der Waals surface area contributed by atoms with E-state index < -0.39 is 0 Å². The topological polar surface area (TPSA) is 71.9 Å². The largest absolute Gasteiger partial charge is 0.493 e. The van der Waals surface area contributed by atoms with Gasteiger partial charge in [-0.05, 0) is 31.0 Å². The van der Waals surface area contributed by atoms with Gasteiger partial charge < -0.3 is 19.5 Å². The van der Waals surface area contributed by atoms with Crippen LogP contribution in [-0.4, -0.2) is 34.0 Å². The van der Waals surface area contributed by atoms with Gasteiger partial charge in [-0.1, -0.05) is 26.8 Å². The van der Waals surface area contributed by atoms with Crippen molar-refractivity contribution in [3.63, 3.8) is 0 Å². The summed E-state index contributed by atoms with van der Waals surface area (Å²) in [5.41, 5.74) is 1.63. The Balaban J connectivity index is 2.18. The van der Waals surface area contributed by atoms with Gasteiger partial charge in [0.05, 0.1) is 19.4 Å². The Morgan fingerprint density at radius 1 is 1.29 bits per heavy atom. The maximum Gasteiger partial charge on any atom is 0.225 e. The van der Waals surface area contributed by atoms with E-state index in [2.05, 4.69) is 18.8 Å². The zero-order valence-electron chi connectivity index (χ0n) is 17.3. The minimum atomic E-state index is -0.0787. The molecule has 0 aliphatic rings. The highest BCUT2D eigenvalue weighted by atomic mass is 32.1. The molecular weight excluding hydrogens is 376 g/mol. The van der Waals surface area contributed by atoms with Crippen LogP contribution in [0.4, 0.5) is 0 Å². The van der Waals surface area contributed by atoms with Crippen LogP contribution in [0.1, 0.15) is 50.4 Å². The Morgan fingerprint density at radius 3 is 2.61 bits per heavy atom. The highest BCUT2D eigenvalue weighted by molar-refractivity contribution is 7.09. The number of ether oxygens (including phenoxy) is 2. The second kappa shape index (κ2) is 10.4. The highest BCUT2D eigenvalue weighted by Crippen LogP contribution is 2.30. The van der Waals surface area contributed by atoms with E-state index >= 15 is 0 Å². The molecule has 0 aliphatic carbocycles. The quantitative estimate of drug-likeness (QED) is 0.646. The van der Waals surface area contributed by atoms with Crippen molar-refractivity contribution in [3.05, 3.63) is 39.8 Å². The average molecular weight is 407 g/mol. The highest BCUT2D eigenvalue weighted by Gasteiger charge is 2.22. The Labute approximate surface area is 171 Å². The van der Waals surface area contributed by atoms with Crippen LogP contribution in [0.3, 0.4) is 0 Å². The molecular formula is C21H30N2O4S. The molecule has 7 heteroatoms. The van der Waals surface area contributed by atoms with Crippen molar-refractivity contribution < 1.29 is 19.4 Å². The van der Waals surface area contributed by atoms with Crippen molar-refractivity contribution in [2.45, 2.75) is 59.9 Å². The Kier molecular flexibility index (Phi) is 8.26. The number of aliphatic hydroxyl groups excluding tert-OH is 1. The lowest BCUT2D eigenvalue weighted by atomic mass is 10.1. The Hall–Kier alpha value is -2.12. The number of carbonyl (C=O) groups is 1. The minimum absolute atomic E-state index is 0.0476. The van der Waals surface area contributed by atoms with Gasteiger partial charge in [0.1, 0.15) is 11.6 Å². The zero-order chi connectivity index (χ0) is 20.7. The van der Waals surface area contributed by atoms with Crippen LogP contribution < -0.4 is 9.47 Å². The maximum absolute atomic E-state index is 12.6. The van der Waals surface area contributed by atoms with Crippen LogP contribution in [-0.2, 0) is 24.6 Å². The molecule has 0 radical (unpaired) electrons. The molecule has 0 spiro atoms. The summed E-state index contributed by atoms with van der Waals surface area (Å²) in [6.45, 7) is 8.75. The van der Waals surface area contributed by atoms with Gasteiger partial charge in [0.25, 0.3) is 0 Å². The van der Waals surface area contributed by atoms with Gasteiger partial charge in [-0.15, -0.1) is 11.3 Å². The van der Waals surface area contributed by atoms with Crippen molar-refractivity contribution in [1.29, 1.82) is 0 Å². The maximum atomic E-state index is 12.6. The number of aromatic nitrogens is 1. The van der Waals surface area contributed by atoms with Crippen molar-refractivity contribution in [3.8, 4) is 11.5 Å². The molecule has 28 heavy (non-hydrogen) atoms. The summed E-state index contributed by atoms with van der Waals surface area (Å²) in [6.07, 6.45) is 0.898. The van der Waals surface area contributed by atoms with E-state index in [9.17, 15) is 4.79 Å². The van der Waals surface area contributed by atoms with Crippen molar-refractivity contribution in [2.75, 3.05) is 7.11 Å². The van der Waals surface area contributed by atoms with Gasteiger partial charge in [0, 0.05) is 23.9 Å². The van der Waals surface area contributed by atoms with Crippen molar-refractivity contribution in [1.82, 2.24) is 9.88 Å². The van der Waals surface area contributed by atoms with Crippen LogP contribution in [0.15, 0.2) is 23.6 Å². The lowest BCUT2D eigenvalue weighted by Gasteiger charge is -2.30. The molecule has 1 aromatic carbocycles. The average Bonchev–Trinajstić information content (AvgIpc) is 3.17. The van der Waals surface area contributed by atoms with Gasteiger partial charge in [-0.2, -0.15) is 0 Å². The van der Waals surface area contributed by atoms with E-state index in [1.807, 2.05) is 42.3 Å². The summed E-state index contributed by atoms with van der Waals surface area (Å²) >= 11 is 1.45. The first-order chi connectivity index (χ1) is 13.4. The molecule has 0 fully saturated rings. The number of hydrogen-bond donors (Lipinski definition) is 1. The molecule has 0 bridgehead atoms. The number of methoxy groups -OCH3 is 1. The van der Waals surface area contributed by atoms with E-state index in [1.165, 1.54) is 11.3 Å². The summed E-state index contributed by atoms with van der Waals surface area (Å²) in [6, 6.07) is 5.90. The smallest absolute Gasteiger partial charge is 0.225 e. The second-order valence-electron chi connectivity index (χ2n) is 7.04. The number of nitrogens with zero attached hydrogens (tertiary/aromatic N) is 2. The fourth-order valence-electron chi connectivity index (χ4n) is 2.76. The number of carbonyl (C=O) groups excluding carboxylic acids is 1. The predicted octanol–water partition coefficient (Wildman–Crippen LogP) is 4.01. The number of amides is 1. The molecule has 6 nitrogen and oxygen atoms in total. The van der Waals surface area contributed by atoms with E-state index in [0.717, 1.165) is 17.0 Å². The van der Waals surface area contributed by atoms with E-state index in [4.69, 9.17) is 14.6 Å². The van der Waals surface area contributed by atoms with Gasteiger partial charge in [0.2, 0.25) is 5.91 Å². The third-order valence-corrected chi connectivity index (χ3v) is 5.46. The van der Waals surface area contributed by atoms with Crippen LogP contribution in [0, 0.1) is 5.92 Å². The summed E-state index contributed by atoms with van der Waals surface area (Å²) in [5, 5.41) is 11.7. The lowest BCUT2D eigenvalue weighted by Crippen LogP contribution is -2.40. The first kappa shape index (κ1) is 22.2. The van der Waals surface area contributed by atoms with E-state index in [-0.39, 0.29) is 24.5 Å². The SMILES string of the molecule is CCC(C)N(Cc1ccc(OC)c(OCc2nc(CO)cs2)c1)C(=O)C(C)C. The van der Waals surface area contributed by atoms with E-state index in [1.54, 1.807) is 7.11 Å². The summed E-state index contributed by atoms with van der Waals surface area (Å²) in [7, 11) is 1.60. The first-order valence-corrected chi connectivity index (χ1v) is 10.4. The molecule has 1 aromatic heterocycles. The molecule has 1 unspecified atom stereocenters. The normalized spacial score (nSPS) is 12.1. The summed E-state index contributed by atoms with van der Waals surface area (Å²) < 4.78 is 11.3. The van der Waals surface area contributed by atoms with Crippen LogP contribution in [0.25, 0.3) is 0 Å². The van der Waals surface area contributed by atoms with Gasteiger partial charge >= 0.3 is 0 Å². The fourth-order valence-corrected chi connectivity index (χ4v) is 3.46. The Morgan fingerprint density at radius 2 is 2.04 bits per heavy atom. The Bertz CT molecular complexity index is 776. The van der Waals surface area contributed by atoms with E-state index in [0.29, 0.717) is 30.3 Å². The van der Waals surface area contributed by atoms with Gasteiger partial charge in [0.15, 0.2) is 11.5 Å². The van der Waals surface area contributed by atoms with Crippen LogP contribution >= 0.6 is 11.3 Å². The number of benzene rings is 1. The molecule has 2 aromatic rings. The van der Waals surface area contributed by atoms with Gasteiger partial charge in [-0.3, -0.25) is 4.79 Å². The lowest BCUT2D eigenvalue weighted by molar-refractivity contribution is -0.137. The number of hydrogen-bond acceptors (Lipinski definition) is 6. The fraction of sp³-hybridized carbons (Fsp3) is 0.524. The molecule has 1 amide bonds. The number of rotatable bonds is 10. The monoisotopic (exact) mass is 406 g/mol. The van der Waals surface area contributed by atoms with Crippen molar-refractivity contribution >= 4 is 17.2 Å². The van der Waals surface area contributed by atoms with Crippen molar-refractivity contribution in [2.24, 2.45) is 5.92 Å². The first-order valence-electron chi connectivity index (χ1n) is 9.53. The third-order valence-electron chi connectivity index (χ3n) is 4.59. The molecule has 154 valence electrons. The molecule has 1 heterocycles. The predicted molar refractivity (Wildman–Crippen MR) is 111 cm³/mol. The second-order valence-corrected chi connectivity index (χ2v) is 7.99. The van der Waals surface area contributed by atoms with Gasteiger partial charge in [-0.25, -0.2) is 4.98 Å².